The first-order chi connectivity index (χ1) is 13.2. The van der Waals surface area contributed by atoms with E-state index in [1.54, 1.807) is 24.3 Å². The number of thiol groups is 1. The van der Waals surface area contributed by atoms with E-state index in [0.29, 0.717) is 12.8 Å². The summed E-state index contributed by atoms with van der Waals surface area (Å²) < 4.78 is 0. The third-order valence-corrected chi connectivity index (χ3v) is 4.90. The predicted octanol–water partition coefficient (Wildman–Crippen LogP) is 1.40. The molecule has 0 aliphatic rings. The maximum Gasteiger partial charge on any atom is 0.244 e. The van der Waals surface area contributed by atoms with Crippen LogP contribution in [0.1, 0.15) is 39.7 Å². The number of amides is 3. The fraction of sp³-hybridized carbons (Fsp3) is 0.550. The van der Waals surface area contributed by atoms with E-state index in [1.807, 2.05) is 20.8 Å². The molecule has 0 bridgehead atoms. The van der Waals surface area contributed by atoms with Gasteiger partial charge in [-0.1, -0.05) is 32.4 Å². The van der Waals surface area contributed by atoms with Gasteiger partial charge in [0.25, 0.3) is 0 Å². The van der Waals surface area contributed by atoms with Crippen molar-refractivity contribution < 1.29 is 19.5 Å². The lowest BCUT2D eigenvalue weighted by Crippen LogP contribution is -2.57. The van der Waals surface area contributed by atoms with E-state index in [0.717, 1.165) is 5.56 Å². The van der Waals surface area contributed by atoms with E-state index < -0.39 is 18.0 Å². The predicted molar refractivity (Wildman–Crippen MR) is 112 cm³/mol. The zero-order valence-corrected chi connectivity index (χ0v) is 17.8. The fourth-order valence-corrected chi connectivity index (χ4v) is 3.02. The Labute approximate surface area is 172 Å². The Kier molecular flexibility index (Phi) is 9.85. The maximum absolute atomic E-state index is 12.8. The van der Waals surface area contributed by atoms with Crippen LogP contribution in [-0.4, -0.2) is 46.7 Å². The molecule has 0 heterocycles. The lowest BCUT2D eigenvalue weighted by atomic mass is 9.97. The molecule has 0 radical (unpaired) electrons. The molecule has 1 aromatic carbocycles. The molecule has 0 fully saturated rings. The molecule has 0 aliphatic carbocycles. The molecule has 1 rings (SSSR count). The van der Waals surface area contributed by atoms with E-state index in [2.05, 4.69) is 28.6 Å². The van der Waals surface area contributed by atoms with Gasteiger partial charge in [0.05, 0.1) is 0 Å². The number of aromatic hydroxyl groups is 1. The first kappa shape index (κ1) is 23.8. The summed E-state index contributed by atoms with van der Waals surface area (Å²) in [6, 6.07) is 5.15. The van der Waals surface area contributed by atoms with Gasteiger partial charge in [0.1, 0.15) is 17.8 Å². The van der Waals surface area contributed by atoms with Gasteiger partial charge in [0.15, 0.2) is 0 Å². The third kappa shape index (κ3) is 7.80. The topological polar surface area (TPSA) is 108 Å². The van der Waals surface area contributed by atoms with Gasteiger partial charge in [0.2, 0.25) is 17.7 Å². The van der Waals surface area contributed by atoms with Gasteiger partial charge >= 0.3 is 0 Å². The van der Waals surface area contributed by atoms with Crippen LogP contribution in [0.15, 0.2) is 24.3 Å². The summed E-state index contributed by atoms with van der Waals surface area (Å²) >= 11 is 4.10. The molecule has 0 aliphatic heterocycles. The van der Waals surface area contributed by atoms with Gasteiger partial charge < -0.3 is 21.1 Å². The lowest BCUT2D eigenvalue weighted by molar-refractivity contribution is -0.132. The molecule has 0 saturated heterocycles. The second-order valence-electron chi connectivity index (χ2n) is 7.09. The Bertz CT molecular complexity index is 666. The average molecular weight is 410 g/mol. The van der Waals surface area contributed by atoms with Crippen molar-refractivity contribution in [3.63, 3.8) is 0 Å². The number of benzene rings is 1. The van der Waals surface area contributed by atoms with Crippen molar-refractivity contribution in [1.29, 1.82) is 0 Å². The standard InChI is InChI=1S/C20H31N3O4S/c1-5-12(2)18(23-19(26)17(11-28)22-14(4)24)20(27)21-13(3)10-15-6-8-16(25)9-7-15/h6-9,12-13,17-18,25,28H,5,10-11H2,1-4H3,(H,21,27)(H,22,24)(H,23,26). The van der Waals surface area contributed by atoms with Crippen LogP contribution in [0.5, 0.6) is 5.75 Å². The number of nitrogens with one attached hydrogen (secondary N) is 3. The number of phenolic OH excluding ortho intramolecular Hbond substituents is 1. The van der Waals surface area contributed by atoms with Gasteiger partial charge in [0, 0.05) is 18.7 Å². The van der Waals surface area contributed by atoms with Gasteiger partial charge in [-0.05, 0) is 37.0 Å². The molecular weight excluding hydrogens is 378 g/mol. The summed E-state index contributed by atoms with van der Waals surface area (Å²) in [5, 5.41) is 17.6. The van der Waals surface area contributed by atoms with Gasteiger partial charge in [-0.25, -0.2) is 0 Å². The zero-order chi connectivity index (χ0) is 21.3. The monoisotopic (exact) mass is 409 g/mol. The SMILES string of the molecule is CCC(C)C(NC(=O)C(CS)NC(C)=O)C(=O)NC(C)Cc1ccc(O)cc1. The molecule has 156 valence electrons. The Morgan fingerprint density at radius 2 is 1.64 bits per heavy atom. The van der Waals surface area contributed by atoms with Gasteiger partial charge in [-0.3, -0.25) is 14.4 Å². The minimum absolute atomic E-state index is 0.0808. The minimum Gasteiger partial charge on any atom is -0.508 e. The number of phenols is 1. The van der Waals surface area contributed by atoms with Crippen LogP contribution in [0.3, 0.4) is 0 Å². The van der Waals surface area contributed by atoms with E-state index in [1.165, 1.54) is 6.92 Å². The average Bonchev–Trinajstić information content (AvgIpc) is 2.64. The molecule has 7 nitrogen and oxygen atoms in total. The van der Waals surface area contributed by atoms with Crippen LogP contribution in [-0.2, 0) is 20.8 Å². The van der Waals surface area contributed by atoms with Crippen molar-refractivity contribution in [1.82, 2.24) is 16.0 Å². The summed E-state index contributed by atoms with van der Waals surface area (Å²) in [6.07, 6.45) is 1.30. The van der Waals surface area contributed by atoms with E-state index >= 15 is 0 Å². The highest BCUT2D eigenvalue weighted by Gasteiger charge is 2.29. The number of carbonyl (C=O) groups excluding carboxylic acids is 3. The summed E-state index contributed by atoms with van der Waals surface area (Å²) in [7, 11) is 0. The molecule has 3 amide bonds. The van der Waals surface area contributed by atoms with Gasteiger partial charge in [-0.2, -0.15) is 12.6 Å². The minimum atomic E-state index is -0.797. The van der Waals surface area contributed by atoms with Crippen molar-refractivity contribution >= 4 is 30.4 Å². The number of rotatable bonds is 10. The van der Waals surface area contributed by atoms with Crippen LogP contribution < -0.4 is 16.0 Å². The van der Waals surface area contributed by atoms with Crippen LogP contribution in [0.4, 0.5) is 0 Å². The maximum atomic E-state index is 12.8. The van der Waals surface area contributed by atoms with Crippen LogP contribution >= 0.6 is 12.6 Å². The normalized spacial score (nSPS) is 15.0. The Balaban J connectivity index is 2.76. The highest BCUT2D eigenvalue weighted by molar-refractivity contribution is 7.80. The molecule has 4 atom stereocenters. The largest absolute Gasteiger partial charge is 0.508 e. The summed E-state index contributed by atoms with van der Waals surface area (Å²) in [6.45, 7) is 7.05. The molecule has 4 N–H and O–H groups in total. The lowest BCUT2D eigenvalue weighted by Gasteiger charge is -2.27. The van der Waals surface area contributed by atoms with Crippen molar-refractivity contribution in [3.8, 4) is 5.75 Å². The Morgan fingerprint density at radius 3 is 2.14 bits per heavy atom. The molecule has 0 saturated carbocycles. The summed E-state index contributed by atoms with van der Waals surface area (Å²) in [5.74, 6) is -0.786. The molecular formula is C20H31N3O4S. The molecule has 4 unspecified atom stereocenters. The number of hydrogen-bond acceptors (Lipinski definition) is 5. The second kappa shape index (κ2) is 11.6. The van der Waals surface area contributed by atoms with Crippen molar-refractivity contribution in [2.75, 3.05) is 5.75 Å². The number of carbonyl (C=O) groups is 3. The number of hydrogen-bond donors (Lipinski definition) is 5. The second-order valence-corrected chi connectivity index (χ2v) is 7.45. The van der Waals surface area contributed by atoms with Crippen LogP contribution in [0, 0.1) is 5.92 Å². The fourth-order valence-electron chi connectivity index (χ4n) is 2.76. The molecule has 1 aromatic rings. The summed E-state index contributed by atoms with van der Waals surface area (Å²) in [5.41, 5.74) is 0.982. The Hall–Kier alpha value is -2.22. The highest BCUT2D eigenvalue weighted by Crippen LogP contribution is 2.12. The molecule has 0 aromatic heterocycles. The van der Waals surface area contributed by atoms with E-state index in [9.17, 15) is 19.5 Å². The first-order valence-electron chi connectivity index (χ1n) is 9.44. The highest BCUT2D eigenvalue weighted by atomic mass is 32.1. The van der Waals surface area contributed by atoms with Gasteiger partial charge in [-0.15, -0.1) is 0 Å². The quantitative estimate of drug-likeness (QED) is 0.377. The first-order valence-corrected chi connectivity index (χ1v) is 10.1. The van der Waals surface area contributed by atoms with Crippen LogP contribution in [0.2, 0.25) is 0 Å². The summed E-state index contributed by atoms with van der Waals surface area (Å²) in [4.78, 5) is 36.5. The van der Waals surface area contributed by atoms with Crippen LogP contribution in [0.25, 0.3) is 0 Å². The molecule has 8 heteroatoms. The zero-order valence-electron chi connectivity index (χ0n) is 16.9. The van der Waals surface area contributed by atoms with Crippen molar-refractivity contribution in [2.45, 2.75) is 58.7 Å². The van der Waals surface area contributed by atoms with E-state index in [-0.39, 0.29) is 35.3 Å². The van der Waals surface area contributed by atoms with E-state index in [4.69, 9.17) is 0 Å². The van der Waals surface area contributed by atoms with Crippen molar-refractivity contribution in [3.05, 3.63) is 29.8 Å². The Morgan fingerprint density at radius 1 is 1.04 bits per heavy atom. The third-order valence-electron chi connectivity index (χ3n) is 4.54. The van der Waals surface area contributed by atoms with Crippen molar-refractivity contribution in [2.24, 2.45) is 5.92 Å². The smallest absolute Gasteiger partial charge is 0.244 e. The molecule has 0 spiro atoms. The molecule has 28 heavy (non-hydrogen) atoms.